The second kappa shape index (κ2) is 5.40. The summed E-state index contributed by atoms with van der Waals surface area (Å²) in [7, 11) is 0. The molecule has 1 aliphatic carbocycles. The molecule has 0 amide bonds. The van der Waals surface area contributed by atoms with Crippen LogP contribution < -0.4 is 11.2 Å². The fraction of sp³-hybridized carbons (Fsp3) is 0.308. The smallest absolute Gasteiger partial charge is 0.253 e. The van der Waals surface area contributed by atoms with Crippen molar-refractivity contribution in [3.63, 3.8) is 0 Å². The predicted octanol–water partition coefficient (Wildman–Crippen LogP) is 0.655. The Morgan fingerprint density at radius 2 is 2.14 bits per heavy atom. The molecule has 21 heavy (non-hydrogen) atoms. The van der Waals surface area contributed by atoms with Crippen LogP contribution in [0.2, 0.25) is 0 Å². The Morgan fingerprint density at radius 3 is 2.76 bits per heavy atom. The maximum absolute atomic E-state index is 12.9. The summed E-state index contributed by atoms with van der Waals surface area (Å²) in [5, 5.41) is 14.9. The molecule has 114 valence electrons. The third-order valence-corrected chi connectivity index (χ3v) is 3.54. The number of anilines is 1. The summed E-state index contributed by atoms with van der Waals surface area (Å²) in [6.45, 7) is 0.211. The molecule has 8 heteroatoms. The Bertz CT molecular complexity index is 645. The van der Waals surface area contributed by atoms with Crippen molar-refractivity contribution in [3.05, 3.63) is 35.8 Å². The van der Waals surface area contributed by atoms with Crippen LogP contribution in [0, 0.1) is 11.1 Å². The Morgan fingerprint density at radius 1 is 1.43 bits per heavy atom. The maximum Gasteiger partial charge on any atom is 0.253 e. The second-order valence-corrected chi connectivity index (χ2v) is 5.07. The highest BCUT2D eigenvalue weighted by Crippen LogP contribution is 2.49. The minimum Gasteiger partial charge on any atom is -0.630 e. The minimum absolute atomic E-state index is 0. The first-order chi connectivity index (χ1) is 9.49. The number of halogens is 2. The van der Waals surface area contributed by atoms with Gasteiger partial charge in [0, 0.05) is 36.7 Å². The van der Waals surface area contributed by atoms with E-state index in [9.17, 15) is 14.0 Å². The summed E-state index contributed by atoms with van der Waals surface area (Å²) in [5.74, 6) is -3.16. The van der Waals surface area contributed by atoms with Gasteiger partial charge in [-0.15, -0.1) is 0 Å². The third kappa shape index (κ3) is 3.02. The monoisotopic (exact) mass is 298 g/mol. The SMILES string of the molecule is Nc1ccc(-c2cnn(CC3CC3(F)F)c2)cc1[NH2+][O-].O. The molecule has 1 aliphatic rings. The molecule has 0 aliphatic heterocycles. The molecule has 0 saturated heterocycles. The highest BCUT2D eigenvalue weighted by Gasteiger charge is 2.56. The van der Waals surface area contributed by atoms with E-state index in [1.54, 1.807) is 30.6 Å². The number of nitrogen functional groups attached to an aromatic ring is 1. The van der Waals surface area contributed by atoms with Crippen LogP contribution in [0.5, 0.6) is 0 Å². The first-order valence-corrected chi connectivity index (χ1v) is 6.25. The number of benzene rings is 1. The van der Waals surface area contributed by atoms with Gasteiger partial charge >= 0.3 is 0 Å². The van der Waals surface area contributed by atoms with Crippen molar-refractivity contribution in [2.75, 3.05) is 5.73 Å². The number of hydrogen-bond acceptors (Lipinski definition) is 3. The quantitative estimate of drug-likeness (QED) is 0.638. The molecule has 6 nitrogen and oxygen atoms in total. The molecular weight excluding hydrogens is 282 g/mol. The van der Waals surface area contributed by atoms with Crippen LogP contribution in [-0.2, 0) is 6.54 Å². The average molecular weight is 298 g/mol. The molecular formula is C13H16F2N4O2. The largest absolute Gasteiger partial charge is 0.630 e. The van der Waals surface area contributed by atoms with Crippen LogP contribution in [0.15, 0.2) is 30.6 Å². The third-order valence-electron chi connectivity index (χ3n) is 3.54. The molecule has 1 heterocycles. The van der Waals surface area contributed by atoms with Crippen molar-refractivity contribution >= 4 is 11.4 Å². The van der Waals surface area contributed by atoms with Crippen molar-refractivity contribution in [2.24, 2.45) is 5.92 Å². The highest BCUT2D eigenvalue weighted by molar-refractivity contribution is 5.71. The summed E-state index contributed by atoms with van der Waals surface area (Å²) in [6, 6.07) is 5.08. The number of hydrogen-bond donors (Lipinski definition) is 2. The molecule has 0 radical (unpaired) electrons. The van der Waals surface area contributed by atoms with Crippen molar-refractivity contribution in [2.45, 2.75) is 18.9 Å². The molecule has 1 unspecified atom stereocenters. The molecule has 0 spiro atoms. The van der Waals surface area contributed by atoms with Gasteiger partial charge in [-0.1, -0.05) is 6.07 Å². The number of quaternary nitrogens is 1. The highest BCUT2D eigenvalue weighted by atomic mass is 19.3. The fourth-order valence-electron chi connectivity index (χ4n) is 2.16. The lowest BCUT2D eigenvalue weighted by Crippen LogP contribution is -2.70. The number of alkyl halides is 2. The van der Waals surface area contributed by atoms with Crippen LogP contribution in [0.3, 0.4) is 0 Å². The molecule has 1 atom stereocenters. The Kier molecular flexibility index (Phi) is 3.95. The van der Waals surface area contributed by atoms with E-state index >= 15 is 0 Å². The van der Waals surface area contributed by atoms with Crippen LogP contribution in [0.25, 0.3) is 11.1 Å². The number of rotatable bonds is 4. The summed E-state index contributed by atoms with van der Waals surface area (Å²) in [4.78, 5) is 0. The van der Waals surface area contributed by atoms with Gasteiger partial charge in [0.1, 0.15) is 0 Å². The van der Waals surface area contributed by atoms with Crippen LogP contribution in [0.1, 0.15) is 6.42 Å². The topological polar surface area (TPSA) is 115 Å². The first-order valence-electron chi connectivity index (χ1n) is 6.25. The van der Waals surface area contributed by atoms with Gasteiger partial charge in [0.05, 0.1) is 11.9 Å². The lowest BCUT2D eigenvalue weighted by atomic mass is 10.1. The lowest BCUT2D eigenvalue weighted by Gasteiger charge is -2.06. The Labute approximate surface area is 119 Å². The molecule has 2 aromatic rings. The minimum atomic E-state index is -2.54. The van der Waals surface area contributed by atoms with E-state index in [1.807, 2.05) is 0 Å². The van der Waals surface area contributed by atoms with Gasteiger partial charge < -0.3 is 21.9 Å². The Balaban J connectivity index is 0.00000161. The summed E-state index contributed by atoms with van der Waals surface area (Å²) >= 11 is 0. The standard InChI is InChI=1S/C13H14F2N4O.H2O/c14-13(15)4-10(13)7-19-6-9(5-17-19)8-1-2-11(16)12(3-8)18-20;/h1-3,5-6,10H,4,7,16,18H2;1H2. The maximum atomic E-state index is 12.9. The van der Waals surface area contributed by atoms with E-state index in [0.717, 1.165) is 11.1 Å². The van der Waals surface area contributed by atoms with Crippen molar-refractivity contribution < 1.29 is 19.7 Å². The zero-order chi connectivity index (χ0) is 14.3. The van der Waals surface area contributed by atoms with Crippen molar-refractivity contribution in [1.82, 2.24) is 9.78 Å². The molecule has 0 bridgehead atoms. The van der Waals surface area contributed by atoms with Gasteiger partial charge in [-0.05, 0) is 11.6 Å². The van der Waals surface area contributed by atoms with Gasteiger partial charge in [0.25, 0.3) is 5.92 Å². The van der Waals surface area contributed by atoms with E-state index < -0.39 is 11.8 Å². The molecule has 6 N–H and O–H groups in total. The van der Waals surface area contributed by atoms with E-state index in [0.29, 0.717) is 16.9 Å². The zero-order valence-corrected chi connectivity index (χ0v) is 11.1. The normalized spacial score (nSPS) is 19.1. The van der Waals surface area contributed by atoms with Gasteiger partial charge in [0.15, 0.2) is 5.69 Å². The van der Waals surface area contributed by atoms with Gasteiger partial charge in [0.2, 0.25) is 0 Å². The first kappa shape index (κ1) is 15.4. The predicted molar refractivity (Wildman–Crippen MR) is 73.7 cm³/mol. The van der Waals surface area contributed by atoms with Crippen LogP contribution in [-0.4, -0.2) is 21.2 Å². The molecule has 1 aromatic heterocycles. The Hall–Kier alpha value is -2.03. The summed E-state index contributed by atoms with van der Waals surface area (Å²) in [5.41, 5.74) is 8.72. The van der Waals surface area contributed by atoms with Crippen LogP contribution >= 0.6 is 0 Å². The molecule has 1 saturated carbocycles. The number of nitrogens with zero attached hydrogens (tertiary/aromatic N) is 2. The molecule has 1 aromatic carbocycles. The zero-order valence-electron chi connectivity index (χ0n) is 11.1. The van der Waals surface area contributed by atoms with Crippen molar-refractivity contribution in [3.8, 4) is 11.1 Å². The summed E-state index contributed by atoms with van der Waals surface area (Å²) in [6.07, 6.45) is 3.23. The van der Waals surface area contributed by atoms with Gasteiger partial charge in [-0.25, -0.2) is 8.78 Å². The van der Waals surface area contributed by atoms with Gasteiger partial charge in [-0.3, -0.25) is 4.68 Å². The van der Waals surface area contributed by atoms with E-state index in [-0.39, 0.29) is 18.4 Å². The molecule has 3 rings (SSSR count). The lowest BCUT2D eigenvalue weighted by molar-refractivity contribution is -0.496. The van der Waals surface area contributed by atoms with E-state index in [4.69, 9.17) is 5.73 Å². The van der Waals surface area contributed by atoms with Crippen molar-refractivity contribution in [1.29, 1.82) is 0 Å². The molecule has 1 fully saturated rings. The summed E-state index contributed by atoms with van der Waals surface area (Å²) < 4.78 is 27.2. The van der Waals surface area contributed by atoms with Gasteiger partial charge in [-0.2, -0.15) is 5.10 Å². The van der Waals surface area contributed by atoms with E-state index in [1.165, 1.54) is 4.68 Å². The average Bonchev–Trinajstić information content (AvgIpc) is 2.82. The number of nitrogens with two attached hydrogens (primary N) is 2. The number of aromatic nitrogens is 2. The second-order valence-electron chi connectivity index (χ2n) is 5.07. The van der Waals surface area contributed by atoms with Crippen LogP contribution in [0.4, 0.5) is 20.2 Å². The fourth-order valence-corrected chi connectivity index (χ4v) is 2.16. The van der Waals surface area contributed by atoms with E-state index in [2.05, 4.69) is 5.10 Å².